The molecule has 0 spiro atoms. The van der Waals surface area contributed by atoms with Crippen molar-refractivity contribution < 1.29 is 23.1 Å². The van der Waals surface area contributed by atoms with E-state index in [1.165, 1.54) is 7.05 Å². The average Bonchev–Trinajstić information content (AvgIpc) is 2.14. The van der Waals surface area contributed by atoms with E-state index in [0.29, 0.717) is 12.1 Å². The summed E-state index contributed by atoms with van der Waals surface area (Å²) >= 11 is 0. The maximum absolute atomic E-state index is 12.3. The second-order valence-corrected chi connectivity index (χ2v) is 2.85. The number of carbonyl (C=O) groups is 1. The largest absolute Gasteiger partial charge is 0.508 e. The lowest BCUT2D eigenvalue weighted by atomic mass is 10.1. The second-order valence-electron chi connectivity index (χ2n) is 2.85. The molecule has 0 aliphatic heterocycles. The number of carbonyl (C=O) groups excluding carboxylic acids is 1. The van der Waals surface area contributed by atoms with Crippen molar-refractivity contribution in [1.82, 2.24) is 5.32 Å². The number of hydrogen-bond acceptors (Lipinski definition) is 2. The van der Waals surface area contributed by atoms with Crippen molar-refractivity contribution in [3.05, 3.63) is 29.3 Å². The minimum atomic E-state index is -4.58. The first-order valence-electron chi connectivity index (χ1n) is 3.98. The van der Waals surface area contributed by atoms with E-state index in [1.54, 1.807) is 0 Å². The number of halogens is 3. The fraction of sp³-hybridized carbons (Fsp3) is 0.222. The number of aromatic hydroxyl groups is 1. The monoisotopic (exact) mass is 219 g/mol. The highest BCUT2D eigenvalue weighted by Gasteiger charge is 2.31. The normalized spacial score (nSPS) is 11.2. The Morgan fingerprint density at radius 1 is 1.33 bits per heavy atom. The van der Waals surface area contributed by atoms with Crippen molar-refractivity contribution in [3.8, 4) is 5.75 Å². The summed E-state index contributed by atoms with van der Waals surface area (Å²) in [5.41, 5.74) is -1.29. The Labute approximate surface area is 83.5 Å². The zero-order valence-corrected chi connectivity index (χ0v) is 7.72. The lowest BCUT2D eigenvalue weighted by molar-refractivity contribution is -0.137. The fourth-order valence-corrected chi connectivity index (χ4v) is 1.05. The van der Waals surface area contributed by atoms with Crippen LogP contribution in [0.1, 0.15) is 15.9 Å². The quantitative estimate of drug-likeness (QED) is 0.756. The van der Waals surface area contributed by atoms with Crippen LogP contribution in [0.25, 0.3) is 0 Å². The summed E-state index contributed by atoms with van der Waals surface area (Å²) < 4.78 is 36.8. The van der Waals surface area contributed by atoms with Gasteiger partial charge in [0.25, 0.3) is 5.91 Å². The van der Waals surface area contributed by atoms with E-state index >= 15 is 0 Å². The van der Waals surface area contributed by atoms with Crippen LogP contribution in [0.5, 0.6) is 5.75 Å². The fourth-order valence-electron chi connectivity index (χ4n) is 1.05. The van der Waals surface area contributed by atoms with Gasteiger partial charge in [0, 0.05) is 12.6 Å². The van der Waals surface area contributed by atoms with Gasteiger partial charge in [0.15, 0.2) is 0 Å². The summed E-state index contributed by atoms with van der Waals surface area (Å²) in [6.45, 7) is 0. The van der Waals surface area contributed by atoms with Crippen LogP contribution in [0.3, 0.4) is 0 Å². The van der Waals surface area contributed by atoms with Crippen LogP contribution < -0.4 is 5.32 Å². The molecule has 0 saturated carbocycles. The number of alkyl halides is 3. The zero-order valence-electron chi connectivity index (χ0n) is 7.72. The van der Waals surface area contributed by atoms with E-state index in [4.69, 9.17) is 5.11 Å². The molecule has 3 nitrogen and oxygen atoms in total. The van der Waals surface area contributed by atoms with Gasteiger partial charge in [0.1, 0.15) is 5.75 Å². The molecule has 0 radical (unpaired) electrons. The van der Waals surface area contributed by atoms with Crippen LogP contribution in [0, 0.1) is 0 Å². The number of benzene rings is 1. The van der Waals surface area contributed by atoms with Crippen molar-refractivity contribution in [3.63, 3.8) is 0 Å². The number of hydrogen-bond donors (Lipinski definition) is 2. The molecule has 0 unspecified atom stereocenters. The van der Waals surface area contributed by atoms with Crippen molar-refractivity contribution in [1.29, 1.82) is 0 Å². The third-order valence-corrected chi connectivity index (χ3v) is 1.73. The molecule has 6 heteroatoms. The van der Waals surface area contributed by atoms with Gasteiger partial charge >= 0.3 is 6.18 Å². The highest BCUT2D eigenvalue weighted by Crippen LogP contribution is 2.32. The molecule has 15 heavy (non-hydrogen) atoms. The minimum absolute atomic E-state index is 0.232. The zero-order chi connectivity index (χ0) is 11.6. The summed E-state index contributed by atoms with van der Waals surface area (Å²) in [5, 5.41) is 11.2. The summed E-state index contributed by atoms with van der Waals surface area (Å²) in [6, 6.07) is 2.21. The molecular weight excluding hydrogens is 211 g/mol. The molecule has 1 amide bonds. The number of phenolic OH excluding ortho intramolecular Hbond substituents is 1. The van der Waals surface area contributed by atoms with Crippen molar-refractivity contribution in [2.45, 2.75) is 6.18 Å². The maximum Gasteiger partial charge on any atom is 0.416 e. The number of nitrogens with one attached hydrogen (secondary N) is 1. The lowest BCUT2D eigenvalue weighted by Crippen LogP contribution is -2.18. The topological polar surface area (TPSA) is 49.3 Å². The van der Waals surface area contributed by atoms with E-state index < -0.39 is 23.4 Å². The average molecular weight is 219 g/mol. The second kappa shape index (κ2) is 3.80. The highest BCUT2D eigenvalue weighted by molar-refractivity contribution is 5.94. The van der Waals surface area contributed by atoms with Gasteiger partial charge < -0.3 is 10.4 Å². The molecule has 1 aromatic rings. The molecule has 1 rings (SSSR count). The smallest absolute Gasteiger partial charge is 0.416 e. The van der Waals surface area contributed by atoms with Gasteiger partial charge in [-0.1, -0.05) is 0 Å². The molecule has 0 heterocycles. The Morgan fingerprint density at radius 3 is 2.40 bits per heavy atom. The van der Waals surface area contributed by atoms with Crippen LogP contribution in [0.2, 0.25) is 0 Å². The predicted octanol–water partition coefficient (Wildman–Crippen LogP) is 1.77. The Bertz CT molecular complexity index is 387. The predicted molar refractivity (Wildman–Crippen MR) is 46.5 cm³/mol. The maximum atomic E-state index is 12.3. The van der Waals surface area contributed by atoms with Crippen LogP contribution in [0.4, 0.5) is 13.2 Å². The van der Waals surface area contributed by atoms with E-state index in [0.717, 1.165) is 6.07 Å². The minimum Gasteiger partial charge on any atom is -0.508 e. The Morgan fingerprint density at radius 2 is 1.93 bits per heavy atom. The summed E-state index contributed by atoms with van der Waals surface area (Å²) in [4.78, 5) is 11.1. The molecule has 0 aliphatic carbocycles. The van der Waals surface area contributed by atoms with Gasteiger partial charge in [-0.05, 0) is 18.2 Å². The molecule has 2 N–H and O–H groups in total. The van der Waals surface area contributed by atoms with E-state index in [9.17, 15) is 18.0 Å². The van der Waals surface area contributed by atoms with Gasteiger partial charge in [0.05, 0.1) is 5.56 Å². The highest BCUT2D eigenvalue weighted by atomic mass is 19.4. The lowest BCUT2D eigenvalue weighted by Gasteiger charge is -2.09. The van der Waals surface area contributed by atoms with E-state index in [-0.39, 0.29) is 5.56 Å². The van der Waals surface area contributed by atoms with Crippen LogP contribution >= 0.6 is 0 Å². The molecule has 0 bridgehead atoms. The van der Waals surface area contributed by atoms with Crippen LogP contribution in [0.15, 0.2) is 18.2 Å². The standard InChI is InChI=1S/C9H8F3NO2/c1-13-8(15)5-2-6(9(10,11)12)4-7(14)3-5/h2-4,14H,1H3,(H,13,15). The third kappa shape index (κ3) is 2.61. The molecule has 82 valence electrons. The van der Waals surface area contributed by atoms with Gasteiger partial charge in [-0.3, -0.25) is 4.79 Å². The molecular formula is C9H8F3NO2. The number of phenols is 1. The van der Waals surface area contributed by atoms with Crippen LogP contribution in [-0.2, 0) is 6.18 Å². The first-order chi connectivity index (χ1) is 6.84. The van der Waals surface area contributed by atoms with Gasteiger partial charge in [0.2, 0.25) is 0 Å². The summed E-state index contributed by atoms with van der Waals surface area (Å²) in [6.07, 6.45) is -4.58. The van der Waals surface area contributed by atoms with Gasteiger partial charge in [-0.25, -0.2) is 0 Å². The van der Waals surface area contributed by atoms with E-state index in [1.807, 2.05) is 0 Å². The Kier molecular flexibility index (Phi) is 2.88. The number of amides is 1. The SMILES string of the molecule is CNC(=O)c1cc(O)cc(C(F)(F)F)c1. The van der Waals surface area contributed by atoms with Crippen molar-refractivity contribution in [2.24, 2.45) is 0 Å². The first kappa shape index (κ1) is 11.4. The first-order valence-corrected chi connectivity index (χ1v) is 3.98. The van der Waals surface area contributed by atoms with Gasteiger partial charge in [-0.15, -0.1) is 0 Å². The van der Waals surface area contributed by atoms with Crippen molar-refractivity contribution in [2.75, 3.05) is 7.05 Å². The molecule has 0 aliphatic rings. The number of rotatable bonds is 1. The Balaban J connectivity index is 3.23. The summed E-state index contributed by atoms with van der Waals surface area (Å²) in [7, 11) is 1.29. The molecule has 0 saturated heterocycles. The molecule has 0 fully saturated rings. The van der Waals surface area contributed by atoms with Crippen LogP contribution in [-0.4, -0.2) is 18.1 Å². The van der Waals surface area contributed by atoms with Crippen molar-refractivity contribution >= 4 is 5.91 Å². The molecule has 0 aromatic heterocycles. The van der Waals surface area contributed by atoms with E-state index in [2.05, 4.69) is 5.32 Å². The molecule has 1 aromatic carbocycles. The Hall–Kier alpha value is -1.72. The summed E-state index contributed by atoms with van der Waals surface area (Å²) in [5.74, 6) is -1.28. The third-order valence-electron chi connectivity index (χ3n) is 1.73. The van der Waals surface area contributed by atoms with Gasteiger partial charge in [-0.2, -0.15) is 13.2 Å². The molecule has 0 atom stereocenters.